The number of halogens is 1. The normalized spacial score (nSPS) is 20.2. The lowest BCUT2D eigenvalue weighted by Gasteiger charge is -2.17. The van der Waals surface area contributed by atoms with Gasteiger partial charge >= 0.3 is 0 Å². The van der Waals surface area contributed by atoms with Gasteiger partial charge in [0.05, 0.1) is 0 Å². The zero-order valence-corrected chi connectivity index (χ0v) is 14.1. The Morgan fingerprint density at radius 1 is 1.09 bits per heavy atom. The van der Waals surface area contributed by atoms with Gasteiger partial charge in [-0.15, -0.1) is 12.4 Å². The number of benzene rings is 2. The maximum Gasteiger partial charge on any atom is 0.253 e. The summed E-state index contributed by atoms with van der Waals surface area (Å²) >= 11 is 0. The minimum Gasteiger partial charge on any atom is -0.338 e. The minimum absolute atomic E-state index is 0. The molecule has 1 aliphatic rings. The van der Waals surface area contributed by atoms with Crippen molar-refractivity contribution in [1.29, 1.82) is 0 Å². The van der Waals surface area contributed by atoms with E-state index in [1.807, 2.05) is 54.3 Å². The van der Waals surface area contributed by atoms with Gasteiger partial charge in [-0.1, -0.05) is 48.0 Å². The Hall–Kier alpha value is -1.84. The lowest BCUT2D eigenvalue weighted by molar-refractivity contribution is 0.0786. The Balaban J connectivity index is 0.00000192. The molecular formula is C19H23ClN2O. The van der Waals surface area contributed by atoms with E-state index in [0.717, 1.165) is 18.7 Å². The van der Waals surface area contributed by atoms with Gasteiger partial charge in [0.25, 0.3) is 5.91 Å². The number of hydrogen-bond donors (Lipinski definition) is 1. The second kappa shape index (κ2) is 7.62. The number of nitrogens with zero attached hydrogens (tertiary/aromatic N) is 1. The molecule has 0 aromatic heterocycles. The third-order valence-electron chi connectivity index (χ3n) is 4.56. The zero-order valence-electron chi connectivity index (χ0n) is 13.3. The zero-order chi connectivity index (χ0) is 15.5. The summed E-state index contributed by atoms with van der Waals surface area (Å²) in [6, 6.07) is 18.2. The van der Waals surface area contributed by atoms with Crippen LogP contribution in [-0.4, -0.2) is 30.4 Å². The maximum atomic E-state index is 12.7. The fraction of sp³-hybridized carbons (Fsp3) is 0.316. The van der Waals surface area contributed by atoms with Gasteiger partial charge < -0.3 is 10.6 Å². The highest BCUT2D eigenvalue weighted by Gasteiger charge is 2.35. The van der Waals surface area contributed by atoms with Crippen LogP contribution in [-0.2, 0) is 0 Å². The topological polar surface area (TPSA) is 46.3 Å². The molecule has 0 saturated carbocycles. The number of likely N-dealkylation sites (tertiary alicyclic amines) is 1. The van der Waals surface area contributed by atoms with E-state index in [4.69, 9.17) is 5.73 Å². The highest BCUT2D eigenvalue weighted by atomic mass is 35.5. The molecule has 1 saturated heterocycles. The van der Waals surface area contributed by atoms with Crippen molar-refractivity contribution >= 4 is 18.3 Å². The van der Waals surface area contributed by atoms with Crippen LogP contribution < -0.4 is 5.73 Å². The largest absolute Gasteiger partial charge is 0.338 e. The Kier molecular flexibility index (Phi) is 5.80. The number of nitrogens with two attached hydrogens (primary N) is 1. The average molecular weight is 331 g/mol. The van der Waals surface area contributed by atoms with Crippen molar-refractivity contribution in [3.05, 3.63) is 71.3 Å². The van der Waals surface area contributed by atoms with E-state index in [2.05, 4.69) is 12.1 Å². The second-order valence-electron chi connectivity index (χ2n) is 6.09. The van der Waals surface area contributed by atoms with Crippen LogP contribution in [0.4, 0.5) is 0 Å². The van der Waals surface area contributed by atoms with Gasteiger partial charge in [-0.3, -0.25) is 4.79 Å². The quantitative estimate of drug-likeness (QED) is 0.939. The highest BCUT2D eigenvalue weighted by molar-refractivity contribution is 5.94. The summed E-state index contributed by atoms with van der Waals surface area (Å²) in [5.41, 5.74) is 9.15. The molecule has 2 atom stereocenters. The summed E-state index contributed by atoms with van der Waals surface area (Å²) in [4.78, 5) is 14.6. The van der Waals surface area contributed by atoms with Gasteiger partial charge in [0.15, 0.2) is 0 Å². The molecule has 2 aromatic carbocycles. The van der Waals surface area contributed by atoms with Crippen molar-refractivity contribution in [3.8, 4) is 0 Å². The molecule has 4 heteroatoms. The van der Waals surface area contributed by atoms with Gasteiger partial charge in [-0.05, 0) is 37.1 Å². The van der Waals surface area contributed by atoms with Crippen LogP contribution in [0.25, 0.3) is 0 Å². The Bertz CT molecular complexity index is 642. The standard InChI is InChI=1S/C19H22N2O.ClH/c1-14-7-9-16(10-8-14)19(22)21-12-17(11-20)18(13-21)15-5-3-2-4-6-15;/h2-10,17-18H,11-13,20H2,1H3;1H/t17-,18+;/m1./s1. The molecule has 2 aromatic rings. The third kappa shape index (κ3) is 3.74. The third-order valence-corrected chi connectivity index (χ3v) is 4.56. The van der Waals surface area contributed by atoms with E-state index in [1.54, 1.807) is 0 Å². The molecule has 0 bridgehead atoms. The molecule has 1 amide bonds. The smallest absolute Gasteiger partial charge is 0.253 e. The summed E-state index contributed by atoms with van der Waals surface area (Å²) in [5, 5.41) is 0. The maximum absolute atomic E-state index is 12.7. The van der Waals surface area contributed by atoms with Crippen LogP contribution in [0.15, 0.2) is 54.6 Å². The Morgan fingerprint density at radius 2 is 1.74 bits per heavy atom. The lowest BCUT2D eigenvalue weighted by Crippen LogP contribution is -2.29. The lowest BCUT2D eigenvalue weighted by atomic mass is 9.89. The number of carbonyl (C=O) groups is 1. The molecule has 0 spiro atoms. The number of rotatable bonds is 3. The van der Waals surface area contributed by atoms with Gasteiger partial charge in [0, 0.05) is 24.6 Å². The average Bonchev–Trinajstić information content (AvgIpc) is 3.00. The molecule has 1 fully saturated rings. The van der Waals surface area contributed by atoms with Gasteiger partial charge in [0.2, 0.25) is 0 Å². The van der Waals surface area contributed by atoms with Crippen molar-refractivity contribution in [1.82, 2.24) is 4.90 Å². The predicted octanol–water partition coefficient (Wildman–Crippen LogP) is 3.23. The van der Waals surface area contributed by atoms with Crippen molar-refractivity contribution in [2.45, 2.75) is 12.8 Å². The first-order chi connectivity index (χ1) is 10.7. The molecule has 1 heterocycles. The van der Waals surface area contributed by atoms with Crippen molar-refractivity contribution in [2.75, 3.05) is 19.6 Å². The first kappa shape index (κ1) is 17.5. The summed E-state index contributed by atoms with van der Waals surface area (Å²) in [6.07, 6.45) is 0. The first-order valence-corrected chi connectivity index (χ1v) is 7.80. The van der Waals surface area contributed by atoms with Gasteiger partial charge in [-0.25, -0.2) is 0 Å². The fourth-order valence-corrected chi connectivity index (χ4v) is 3.23. The van der Waals surface area contributed by atoms with Crippen LogP contribution in [0, 0.1) is 12.8 Å². The molecule has 3 rings (SSSR count). The van der Waals surface area contributed by atoms with E-state index < -0.39 is 0 Å². The molecular weight excluding hydrogens is 308 g/mol. The molecule has 3 nitrogen and oxygen atoms in total. The SMILES string of the molecule is Cc1ccc(C(=O)N2C[C@@H](CN)[C@H](c3ccccc3)C2)cc1.Cl. The van der Waals surface area contributed by atoms with Gasteiger partial charge in [0.1, 0.15) is 0 Å². The molecule has 2 N–H and O–H groups in total. The number of amides is 1. The predicted molar refractivity (Wildman–Crippen MR) is 96.1 cm³/mol. The van der Waals surface area contributed by atoms with Crippen LogP contribution >= 0.6 is 12.4 Å². The van der Waals surface area contributed by atoms with E-state index in [-0.39, 0.29) is 18.3 Å². The van der Waals surface area contributed by atoms with Crippen molar-refractivity contribution in [3.63, 3.8) is 0 Å². The summed E-state index contributed by atoms with van der Waals surface area (Å²) in [5.74, 6) is 0.772. The Morgan fingerprint density at radius 3 is 2.35 bits per heavy atom. The molecule has 0 aliphatic carbocycles. The Labute approximate surface area is 143 Å². The molecule has 23 heavy (non-hydrogen) atoms. The van der Waals surface area contributed by atoms with E-state index in [9.17, 15) is 4.79 Å². The van der Waals surface area contributed by atoms with E-state index >= 15 is 0 Å². The van der Waals surface area contributed by atoms with Crippen molar-refractivity contribution < 1.29 is 4.79 Å². The first-order valence-electron chi connectivity index (χ1n) is 7.80. The van der Waals surface area contributed by atoms with Gasteiger partial charge in [-0.2, -0.15) is 0 Å². The molecule has 122 valence electrons. The summed E-state index contributed by atoms with van der Waals surface area (Å²) < 4.78 is 0. The summed E-state index contributed by atoms with van der Waals surface area (Å²) in [7, 11) is 0. The van der Waals surface area contributed by atoms with Crippen molar-refractivity contribution in [2.24, 2.45) is 11.7 Å². The highest BCUT2D eigenvalue weighted by Crippen LogP contribution is 2.32. The van der Waals surface area contributed by atoms with E-state index in [0.29, 0.717) is 18.4 Å². The summed E-state index contributed by atoms with van der Waals surface area (Å²) in [6.45, 7) is 4.12. The molecule has 0 unspecified atom stereocenters. The van der Waals surface area contributed by atoms with Crippen LogP contribution in [0.3, 0.4) is 0 Å². The fourth-order valence-electron chi connectivity index (χ4n) is 3.23. The van der Waals surface area contributed by atoms with Crippen LogP contribution in [0.5, 0.6) is 0 Å². The van der Waals surface area contributed by atoms with Crippen LogP contribution in [0.1, 0.15) is 27.4 Å². The second-order valence-corrected chi connectivity index (χ2v) is 6.09. The minimum atomic E-state index is 0. The number of carbonyl (C=O) groups excluding carboxylic acids is 1. The number of aryl methyl sites for hydroxylation is 1. The monoisotopic (exact) mass is 330 g/mol. The van der Waals surface area contributed by atoms with Crippen LogP contribution in [0.2, 0.25) is 0 Å². The molecule has 1 aliphatic heterocycles. The van der Waals surface area contributed by atoms with E-state index in [1.165, 1.54) is 11.1 Å². The number of hydrogen-bond acceptors (Lipinski definition) is 2. The molecule has 0 radical (unpaired) electrons.